The summed E-state index contributed by atoms with van der Waals surface area (Å²) in [5, 5.41) is 9.15. The van der Waals surface area contributed by atoms with Crippen LogP contribution in [0.15, 0.2) is 54.6 Å². The van der Waals surface area contributed by atoms with E-state index in [1.54, 1.807) is 0 Å². The zero-order valence-electron chi connectivity index (χ0n) is 11.8. The van der Waals surface area contributed by atoms with Crippen molar-refractivity contribution in [1.82, 2.24) is 0 Å². The van der Waals surface area contributed by atoms with Crippen LogP contribution in [0.3, 0.4) is 0 Å². The number of anilines is 1. The molecule has 0 aromatic heterocycles. The van der Waals surface area contributed by atoms with E-state index >= 15 is 0 Å². The average Bonchev–Trinajstić information content (AvgIpc) is 2.46. The van der Waals surface area contributed by atoms with Crippen molar-refractivity contribution in [3.05, 3.63) is 65.7 Å². The van der Waals surface area contributed by atoms with Gasteiger partial charge in [0, 0.05) is 5.69 Å². The third-order valence-electron chi connectivity index (χ3n) is 3.42. The second-order valence-corrected chi connectivity index (χ2v) is 4.94. The molecule has 1 unspecified atom stereocenters. The van der Waals surface area contributed by atoms with E-state index in [9.17, 15) is 4.79 Å². The van der Waals surface area contributed by atoms with E-state index in [4.69, 9.17) is 5.11 Å². The summed E-state index contributed by atoms with van der Waals surface area (Å²) >= 11 is 0. The van der Waals surface area contributed by atoms with Gasteiger partial charge in [-0.1, -0.05) is 48.0 Å². The number of hydrogen-bond acceptors (Lipinski definition) is 2. The van der Waals surface area contributed by atoms with Crippen molar-refractivity contribution in [2.24, 2.45) is 0 Å². The normalized spacial score (nSPS) is 11.9. The van der Waals surface area contributed by atoms with Gasteiger partial charge in [-0.15, -0.1) is 0 Å². The van der Waals surface area contributed by atoms with Gasteiger partial charge in [0.2, 0.25) is 0 Å². The largest absolute Gasteiger partial charge is 0.480 e. The number of aliphatic carboxylic acids is 1. The molecular formula is C17H19NO2. The lowest BCUT2D eigenvalue weighted by molar-refractivity contribution is -0.135. The van der Waals surface area contributed by atoms with Crippen molar-refractivity contribution in [3.8, 4) is 0 Å². The van der Waals surface area contributed by atoms with Crippen molar-refractivity contribution >= 4 is 11.7 Å². The Hall–Kier alpha value is -2.29. The van der Waals surface area contributed by atoms with Gasteiger partial charge in [-0.3, -0.25) is 4.79 Å². The van der Waals surface area contributed by atoms with Crippen molar-refractivity contribution in [3.63, 3.8) is 0 Å². The molecule has 0 bridgehead atoms. The zero-order valence-corrected chi connectivity index (χ0v) is 11.8. The molecule has 0 fully saturated rings. The topological polar surface area (TPSA) is 40.5 Å². The van der Waals surface area contributed by atoms with Crippen molar-refractivity contribution < 1.29 is 9.90 Å². The van der Waals surface area contributed by atoms with Gasteiger partial charge >= 0.3 is 5.97 Å². The number of carboxylic acid groups (broad SMARTS) is 1. The number of aryl methyl sites for hydroxylation is 1. The summed E-state index contributed by atoms with van der Waals surface area (Å²) in [4.78, 5) is 13.0. The minimum atomic E-state index is -0.826. The monoisotopic (exact) mass is 269 g/mol. The first-order chi connectivity index (χ1) is 9.58. The summed E-state index contributed by atoms with van der Waals surface area (Å²) in [6.07, 6.45) is 0. The quantitative estimate of drug-likeness (QED) is 0.900. The van der Waals surface area contributed by atoms with E-state index in [-0.39, 0.29) is 12.6 Å². The highest BCUT2D eigenvalue weighted by Gasteiger charge is 2.18. The van der Waals surface area contributed by atoms with Crippen LogP contribution in [0.5, 0.6) is 0 Å². The third kappa shape index (κ3) is 3.38. The van der Waals surface area contributed by atoms with Crippen LogP contribution >= 0.6 is 0 Å². The number of hydrogen-bond donors (Lipinski definition) is 1. The number of carbonyl (C=O) groups is 1. The van der Waals surface area contributed by atoms with E-state index in [1.165, 1.54) is 0 Å². The highest BCUT2D eigenvalue weighted by Crippen LogP contribution is 2.26. The second-order valence-electron chi connectivity index (χ2n) is 4.94. The van der Waals surface area contributed by atoms with Crippen molar-refractivity contribution in [2.45, 2.75) is 19.9 Å². The van der Waals surface area contributed by atoms with Crippen LogP contribution in [-0.2, 0) is 4.79 Å². The molecule has 104 valence electrons. The molecule has 1 atom stereocenters. The molecule has 20 heavy (non-hydrogen) atoms. The van der Waals surface area contributed by atoms with E-state index in [0.29, 0.717) is 0 Å². The van der Waals surface area contributed by atoms with Gasteiger partial charge in [0.15, 0.2) is 0 Å². The van der Waals surface area contributed by atoms with Gasteiger partial charge in [0.1, 0.15) is 6.54 Å². The summed E-state index contributed by atoms with van der Waals surface area (Å²) in [6.45, 7) is 4.03. The first kappa shape index (κ1) is 14.1. The van der Waals surface area contributed by atoms with Crippen molar-refractivity contribution in [2.75, 3.05) is 11.4 Å². The highest BCUT2D eigenvalue weighted by molar-refractivity contribution is 5.74. The minimum Gasteiger partial charge on any atom is -0.480 e. The summed E-state index contributed by atoms with van der Waals surface area (Å²) in [5.41, 5.74) is 3.19. The Bertz CT molecular complexity index is 563. The summed E-state index contributed by atoms with van der Waals surface area (Å²) in [6, 6.07) is 17.9. The maximum atomic E-state index is 11.1. The SMILES string of the molecule is Cc1ccc(N(CC(=O)O)C(C)c2ccccc2)cc1. The number of nitrogens with zero attached hydrogens (tertiary/aromatic N) is 1. The molecule has 2 aromatic carbocycles. The molecule has 0 aliphatic heterocycles. The predicted molar refractivity (Wildman–Crippen MR) is 81.0 cm³/mol. The van der Waals surface area contributed by atoms with Crippen LogP contribution in [0.25, 0.3) is 0 Å². The molecule has 0 saturated heterocycles. The van der Waals surface area contributed by atoms with Gasteiger partial charge in [-0.2, -0.15) is 0 Å². The molecule has 0 saturated carbocycles. The first-order valence-corrected chi connectivity index (χ1v) is 6.68. The van der Waals surface area contributed by atoms with E-state index < -0.39 is 5.97 Å². The average molecular weight is 269 g/mol. The van der Waals surface area contributed by atoms with Gasteiger partial charge in [0.25, 0.3) is 0 Å². The Morgan fingerprint density at radius 3 is 2.25 bits per heavy atom. The van der Waals surface area contributed by atoms with Crippen LogP contribution in [0.1, 0.15) is 24.1 Å². The lowest BCUT2D eigenvalue weighted by atomic mass is 10.1. The second kappa shape index (κ2) is 6.24. The zero-order chi connectivity index (χ0) is 14.5. The fraction of sp³-hybridized carbons (Fsp3) is 0.235. The Balaban J connectivity index is 2.32. The molecule has 0 heterocycles. The molecule has 2 aromatic rings. The van der Waals surface area contributed by atoms with Crippen LogP contribution in [0.4, 0.5) is 5.69 Å². The van der Waals surface area contributed by atoms with Crippen molar-refractivity contribution in [1.29, 1.82) is 0 Å². The Labute approximate surface area is 119 Å². The summed E-state index contributed by atoms with van der Waals surface area (Å²) in [5.74, 6) is -0.826. The molecule has 3 heteroatoms. The maximum Gasteiger partial charge on any atom is 0.323 e. The molecule has 1 N–H and O–H groups in total. The van der Waals surface area contributed by atoms with E-state index in [2.05, 4.69) is 0 Å². The van der Waals surface area contributed by atoms with Crippen LogP contribution in [0.2, 0.25) is 0 Å². The Kier molecular flexibility index (Phi) is 4.41. The summed E-state index contributed by atoms with van der Waals surface area (Å²) in [7, 11) is 0. The predicted octanol–water partition coefficient (Wildman–Crippen LogP) is 3.65. The lowest BCUT2D eigenvalue weighted by Gasteiger charge is -2.30. The van der Waals surface area contributed by atoms with Crippen LogP contribution < -0.4 is 4.90 Å². The first-order valence-electron chi connectivity index (χ1n) is 6.68. The van der Waals surface area contributed by atoms with Gasteiger partial charge in [0.05, 0.1) is 6.04 Å². The van der Waals surface area contributed by atoms with Gasteiger partial charge in [-0.25, -0.2) is 0 Å². The number of benzene rings is 2. The molecule has 0 radical (unpaired) electrons. The van der Waals surface area contributed by atoms with Gasteiger partial charge < -0.3 is 10.0 Å². The molecule has 0 aliphatic rings. The van der Waals surface area contributed by atoms with Crippen LogP contribution in [0, 0.1) is 6.92 Å². The molecular weight excluding hydrogens is 250 g/mol. The molecule has 0 amide bonds. The van der Waals surface area contributed by atoms with E-state index in [0.717, 1.165) is 16.8 Å². The smallest absolute Gasteiger partial charge is 0.323 e. The lowest BCUT2D eigenvalue weighted by Crippen LogP contribution is -2.32. The number of rotatable bonds is 5. The molecule has 3 nitrogen and oxygen atoms in total. The fourth-order valence-electron chi connectivity index (χ4n) is 2.25. The Morgan fingerprint density at radius 2 is 1.70 bits per heavy atom. The standard InChI is InChI=1S/C17H19NO2/c1-13-8-10-16(11-9-13)18(12-17(19)20)14(2)15-6-4-3-5-7-15/h3-11,14H,12H2,1-2H3,(H,19,20). The minimum absolute atomic E-state index is 0.00926. The fourth-order valence-corrected chi connectivity index (χ4v) is 2.25. The maximum absolute atomic E-state index is 11.1. The third-order valence-corrected chi connectivity index (χ3v) is 3.42. The van der Waals surface area contributed by atoms with Gasteiger partial charge in [-0.05, 0) is 31.5 Å². The molecule has 0 spiro atoms. The van der Waals surface area contributed by atoms with Crippen LogP contribution in [-0.4, -0.2) is 17.6 Å². The molecule has 0 aliphatic carbocycles. The van der Waals surface area contributed by atoms with E-state index in [1.807, 2.05) is 73.3 Å². The molecule has 2 rings (SSSR count). The number of carboxylic acids is 1. The Morgan fingerprint density at radius 1 is 1.10 bits per heavy atom. The summed E-state index contributed by atoms with van der Waals surface area (Å²) < 4.78 is 0. The highest BCUT2D eigenvalue weighted by atomic mass is 16.4.